The Morgan fingerprint density at radius 3 is 2.71 bits per heavy atom. The van der Waals surface area contributed by atoms with Gasteiger partial charge in [-0.2, -0.15) is 0 Å². The van der Waals surface area contributed by atoms with E-state index in [1.54, 1.807) is 18.4 Å². The van der Waals surface area contributed by atoms with Gasteiger partial charge in [0.15, 0.2) is 5.11 Å². The van der Waals surface area contributed by atoms with Gasteiger partial charge in [-0.1, -0.05) is 42.5 Å². The van der Waals surface area contributed by atoms with Crippen LogP contribution in [-0.2, 0) is 17.9 Å². The van der Waals surface area contributed by atoms with Crippen LogP contribution < -0.4 is 10.1 Å². The van der Waals surface area contributed by atoms with E-state index in [0.717, 1.165) is 16.9 Å². The molecule has 1 aliphatic rings. The molecule has 0 unspecified atom stereocenters. The van der Waals surface area contributed by atoms with E-state index < -0.39 is 0 Å². The van der Waals surface area contributed by atoms with Gasteiger partial charge in [0.05, 0.1) is 12.8 Å². The SMILES string of the molecule is O=C1/C(=C/c2cccc(OCc3ccccc3)c2)NC(=S)N1Cc1ccco1. The van der Waals surface area contributed by atoms with E-state index >= 15 is 0 Å². The molecule has 3 aromatic rings. The van der Waals surface area contributed by atoms with Crippen LogP contribution in [0.25, 0.3) is 6.08 Å². The molecular formula is C22H18N2O3S. The van der Waals surface area contributed by atoms with Crippen molar-refractivity contribution in [3.63, 3.8) is 0 Å². The number of amides is 1. The lowest BCUT2D eigenvalue weighted by Gasteiger charge is -2.11. The van der Waals surface area contributed by atoms with E-state index in [1.165, 1.54) is 4.90 Å². The van der Waals surface area contributed by atoms with E-state index in [9.17, 15) is 4.79 Å². The Bertz CT molecular complexity index is 1010. The number of hydrogen-bond acceptors (Lipinski definition) is 4. The number of nitrogens with zero attached hydrogens (tertiary/aromatic N) is 1. The summed E-state index contributed by atoms with van der Waals surface area (Å²) in [5, 5.41) is 3.34. The van der Waals surface area contributed by atoms with Crippen LogP contribution >= 0.6 is 12.2 Å². The minimum absolute atomic E-state index is 0.183. The van der Waals surface area contributed by atoms with Crippen molar-refractivity contribution in [1.29, 1.82) is 0 Å². The number of benzene rings is 2. The highest BCUT2D eigenvalue weighted by Crippen LogP contribution is 2.20. The third-order valence-corrected chi connectivity index (χ3v) is 4.60. The second-order valence-electron chi connectivity index (χ2n) is 6.31. The molecule has 5 nitrogen and oxygen atoms in total. The highest BCUT2D eigenvalue weighted by molar-refractivity contribution is 7.80. The molecule has 1 N–H and O–H groups in total. The first-order chi connectivity index (χ1) is 13.7. The summed E-state index contributed by atoms with van der Waals surface area (Å²) in [5.41, 5.74) is 2.37. The average Bonchev–Trinajstić information content (AvgIpc) is 3.32. The van der Waals surface area contributed by atoms with Gasteiger partial charge in [0.2, 0.25) is 0 Å². The Morgan fingerprint density at radius 2 is 1.93 bits per heavy atom. The number of nitrogens with one attached hydrogen (secondary N) is 1. The third-order valence-electron chi connectivity index (χ3n) is 4.27. The third kappa shape index (κ3) is 4.13. The van der Waals surface area contributed by atoms with Gasteiger partial charge in [-0.15, -0.1) is 0 Å². The first-order valence-corrected chi connectivity index (χ1v) is 9.23. The summed E-state index contributed by atoms with van der Waals surface area (Å²) < 4.78 is 11.2. The lowest BCUT2D eigenvalue weighted by atomic mass is 10.1. The summed E-state index contributed by atoms with van der Waals surface area (Å²) in [6.07, 6.45) is 3.34. The topological polar surface area (TPSA) is 54.7 Å². The molecule has 0 aliphatic carbocycles. The maximum Gasteiger partial charge on any atom is 0.276 e. The van der Waals surface area contributed by atoms with Crippen LogP contribution in [-0.4, -0.2) is 15.9 Å². The van der Waals surface area contributed by atoms with Crippen molar-refractivity contribution in [3.05, 3.63) is 95.6 Å². The molecule has 1 aromatic heterocycles. The molecule has 1 saturated heterocycles. The fourth-order valence-corrected chi connectivity index (χ4v) is 3.13. The molecule has 2 aromatic carbocycles. The van der Waals surface area contributed by atoms with Crippen molar-refractivity contribution >= 4 is 29.3 Å². The van der Waals surface area contributed by atoms with Gasteiger partial charge in [0.25, 0.3) is 5.91 Å². The second-order valence-corrected chi connectivity index (χ2v) is 6.69. The van der Waals surface area contributed by atoms with Crippen LogP contribution in [0.5, 0.6) is 5.75 Å². The van der Waals surface area contributed by atoms with Crippen molar-refractivity contribution < 1.29 is 13.9 Å². The number of hydrogen-bond donors (Lipinski definition) is 1. The highest BCUT2D eigenvalue weighted by Gasteiger charge is 2.31. The van der Waals surface area contributed by atoms with Crippen LogP contribution in [0.3, 0.4) is 0 Å². The number of thiocarbonyl (C=S) groups is 1. The zero-order valence-corrected chi connectivity index (χ0v) is 15.8. The molecule has 6 heteroatoms. The Morgan fingerprint density at radius 1 is 1.07 bits per heavy atom. The van der Waals surface area contributed by atoms with Gasteiger partial charge < -0.3 is 14.5 Å². The van der Waals surface area contributed by atoms with E-state index in [0.29, 0.717) is 29.7 Å². The van der Waals surface area contributed by atoms with Crippen LogP contribution in [0.1, 0.15) is 16.9 Å². The number of rotatable bonds is 6. The van der Waals surface area contributed by atoms with Crippen LogP contribution in [0.2, 0.25) is 0 Å². The van der Waals surface area contributed by atoms with Crippen molar-refractivity contribution in [2.75, 3.05) is 0 Å². The Kier molecular flexibility index (Phi) is 5.21. The summed E-state index contributed by atoms with van der Waals surface area (Å²) >= 11 is 5.29. The molecule has 1 aliphatic heterocycles. The maximum atomic E-state index is 12.7. The maximum absolute atomic E-state index is 12.7. The normalized spacial score (nSPS) is 15.1. The Hall–Kier alpha value is -3.38. The zero-order chi connectivity index (χ0) is 19.3. The summed E-state index contributed by atoms with van der Waals surface area (Å²) in [7, 11) is 0. The minimum Gasteiger partial charge on any atom is -0.489 e. The summed E-state index contributed by atoms with van der Waals surface area (Å²) in [6, 6.07) is 21.1. The molecule has 2 heterocycles. The van der Waals surface area contributed by atoms with Gasteiger partial charge in [-0.05, 0) is 53.7 Å². The number of furan rings is 1. The zero-order valence-electron chi connectivity index (χ0n) is 15.0. The van der Waals surface area contributed by atoms with Crippen LogP contribution in [0.4, 0.5) is 0 Å². The summed E-state index contributed by atoms with van der Waals surface area (Å²) in [4.78, 5) is 14.2. The molecular weight excluding hydrogens is 372 g/mol. The molecule has 28 heavy (non-hydrogen) atoms. The number of ether oxygens (including phenoxy) is 1. The molecule has 0 bridgehead atoms. The average molecular weight is 390 g/mol. The van der Waals surface area contributed by atoms with E-state index in [4.69, 9.17) is 21.4 Å². The molecule has 0 radical (unpaired) electrons. The smallest absolute Gasteiger partial charge is 0.276 e. The van der Waals surface area contributed by atoms with E-state index in [-0.39, 0.29) is 5.91 Å². The second kappa shape index (κ2) is 8.10. The fraction of sp³-hybridized carbons (Fsp3) is 0.0909. The fourth-order valence-electron chi connectivity index (χ4n) is 2.88. The summed E-state index contributed by atoms with van der Waals surface area (Å²) in [6.45, 7) is 0.786. The van der Waals surface area contributed by atoms with Gasteiger partial charge in [0.1, 0.15) is 23.8 Å². The summed E-state index contributed by atoms with van der Waals surface area (Å²) in [5.74, 6) is 1.23. The first-order valence-electron chi connectivity index (χ1n) is 8.83. The quantitative estimate of drug-likeness (QED) is 0.507. The number of carbonyl (C=O) groups is 1. The van der Waals surface area contributed by atoms with Gasteiger partial charge in [0, 0.05) is 0 Å². The van der Waals surface area contributed by atoms with E-state index in [1.807, 2.05) is 60.7 Å². The monoisotopic (exact) mass is 390 g/mol. The van der Waals surface area contributed by atoms with Gasteiger partial charge in [-0.3, -0.25) is 9.69 Å². The number of carbonyl (C=O) groups excluding carboxylic acids is 1. The van der Waals surface area contributed by atoms with Gasteiger partial charge >= 0.3 is 0 Å². The standard InChI is InChI=1S/C22H18N2O3S/c25-21-20(23-22(28)24(21)14-19-10-5-11-26-19)13-17-8-4-9-18(12-17)27-15-16-6-2-1-3-7-16/h1-13H,14-15H2,(H,23,28)/b20-13-. The predicted octanol–water partition coefficient (Wildman–Crippen LogP) is 4.12. The molecule has 1 amide bonds. The van der Waals surface area contributed by atoms with E-state index in [2.05, 4.69) is 5.32 Å². The van der Waals surface area contributed by atoms with Crippen molar-refractivity contribution in [2.24, 2.45) is 0 Å². The van der Waals surface area contributed by atoms with Crippen molar-refractivity contribution in [3.8, 4) is 5.75 Å². The minimum atomic E-state index is -0.183. The molecule has 1 fully saturated rings. The van der Waals surface area contributed by atoms with Gasteiger partial charge in [-0.25, -0.2) is 0 Å². The van der Waals surface area contributed by atoms with Crippen LogP contribution in [0.15, 0.2) is 83.1 Å². The molecule has 0 saturated carbocycles. The van der Waals surface area contributed by atoms with Crippen molar-refractivity contribution in [1.82, 2.24) is 10.2 Å². The molecule has 4 rings (SSSR count). The Balaban J connectivity index is 1.46. The highest BCUT2D eigenvalue weighted by atomic mass is 32.1. The predicted molar refractivity (Wildman–Crippen MR) is 110 cm³/mol. The molecule has 140 valence electrons. The van der Waals surface area contributed by atoms with Crippen molar-refractivity contribution in [2.45, 2.75) is 13.2 Å². The molecule has 0 spiro atoms. The Labute approximate surface area is 168 Å². The first kappa shape index (κ1) is 18.0. The lowest BCUT2D eigenvalue weighted by molar-refractivity contribution is -0.122. The molecule has 0 atom stereocenters. The van der Waals surface area contributed by atoms with Crippen LogP contribution in [0, 0.1) is 0 Å². The largest absolute Gasteiger partial charge is 0.489 e. The lowest BCUT2D eigenvalue weighted by Crippen LogP contribution is -2.29.